The summed E-state index contributed by atoms with van der Waals surface area (Å²) in [7, 11) is -3.31. The quantitative estimate of drug-likeness (QED) is 0.590. The molecule has 3 heterocycles. The normalized spacial score (nSPS) is 24.8. The smallest absolute Gasteiger partial charge is 0.316 e. The summed E-state index contributed by atoms with van der Waals surface area (Å²) in [6.07, 6.45) is 3.80. The van der Waals surface area contributed by atoms with Crippen LogP contribution >= 0.6 is 0 Å². The number of hydrogen-bond donors (Lipinski definition) is 2. The number of sulfone groups is 1. The van der Waals surface area contributed by atoms with Crippen LogP contribution in [-0.4, -0.2) is 55.8 Å². The van der Waals surface area contributed by atoms with Gasteiger partial charge in [0, 0.05) is 12.1 Å². The maximum Gasteiger partial charge on any atom is 0.316 e. The number of amides is 2. The zero-order valence-electron chi connectivity index (χ0n) is 21.6. The molecule has 34 heavy (non-hydrogen) atoms. The molecule has 1 aromatic carbocycles. The summed E-state index contributed by atoms with van der Waals surface area (Å²) in [5, 5.41) is 6.31. The predicted molar refractivity (Wildman–Crippen MR) is 137 cm³/mol. The average Bonchev–Trinajstić information content (AvgIpc) is 2.76. The Labute approximate surface area is 206 Å². The highest BCUT2D eigenvalue weighted by molar-refractivity contribution is 7.91. The number of hydrogen-bond acceptors (Lipinski definition) is 4. The van der Waals surface area contributed by atoms with Crippen LogP contribution in [0.4, 0.5) is 4.79 Å². The number of carbonyl (C=O) groups is 1. The van der Waals surface area contributed by atoms with Crippen LogP contribution < -0.4 is 10.6 Å². The third-order valence-electron chi connectivity index (χ3n) is 7.15. The lowest BCUT2D eigenvalue weighted by Crippen LogP contribution is -2.68. The minimum Gasteiger partial charge on any atom is -0.331 e. The van der Waals surface area contributed by atoms with E-state index in [9.17, 15) is 13.2 Å². The molecule has 0 radical (unpaired) electrons. The summed E-state index contributed by atoms with van der Waals surface area (Å²) in [5.74, 6) is 6.87. The highest BCUT2D eigenvalue weighted by Gasteiger charge is 2.46. The van der Waals surface area contributed by atoms with Crippen LogP contribution in [-0.2, 0) is 9.84 Å². The molecule has 0 saturated carbocycles. The maximum atomic E-state index is 12.9. The fourth-order valence-electron chi connectivity index (χ4n) is 4.91. The summed E-state index contributed by atoms with van der Waals surface area (Å²) >= 11 is 0. The Morgan fingerprint density at radius 2 is 1.74 bits per heavy atom. The number of carbonyl (C=O) groups excluding carboxylic acids is 1. The second-order valence-corrected chi connectivity index (χ2v) is 13.8. The first-order valence-electron chi connectivity index (χ1n) is 12.4. The molecule has 1 unspecified atom stereocenters. The summed E-state index contributed by atoms with van der Waals surface area (Å²) in [5.41, 5.74) is -0.218. The Kier molecular flexibility index (Phi) is 7.74. The van der Waals surface area contributed by atoms with Crippen LogP contribution in [0.3, 0.4) is 0 Å². The van der Waals surface area contributed by atoms with Crippen molar-refractivity contribution in [3.8, 4) is 11.8 Å². The molecule has 0 aliphatic carbocycles. The summed E-state index contributed by atoms with van der Waals surface area (Å²) < 4.78 is 25.2. The van der Waals surface area contributed by atoms with Gasteiger partial charge in [-0.2, -0.15) is 0 Å². The Bertz CT molecular complexity index is 1040. The number of nitrogens with one attached hydrogen (secondary N) is 2. The van der Waals surface area contributed by atoms with Crippen molar-refractivity contribution in [2.75, 3.05) is 25.4 Å². The van der Waals surface area contributed by atoms with Gasteiger partial charge in [0.25, 0.3) is 0 Å². The van der Waals surface area contributed by atoms with Crippen molar-refractivity contribution in [3.63, 3.8) is 0 Å². The van der Waals surface area contributed by atoms with Gasteiger partial charge in [-0.15, -0.1) is 0 Å². The molecule has 6 nitrogen and oxygen atoms in total. The van der Waals surface area contributed by atoms with Crippen LogP contribution in [0, 0.1) is 23.2 Å². The monoisotopic (exact) mass is 487 g/mol. The minimum absolute atomic E-state index is 0.0334. The van der Waals surface area contributed by atoms with Gasteiger partial charge in [-0.05, 0) is 88.2 Å². The molecule has 4 rings (SSSR count). The van der Waals surface area contributed by atoms with Crippen LogP contribution in [0.1, 0.15) is 72.8 Å². The van der Waals surface area contributed by atoms with E-state index in [1.807, 2.05) is 34.6 Å². The van der Waals surface area contributed by atoms with Crippen molar-refractivity contribution in [2.24, 2.45) is 11.3 Å². The minimum atomic E-state index is -3.31. The molecule has 3 saturated heterocycles. The molecule has 7 heteroatoms. The molecule has 188 valence electrons. The van der Waals surface area contributed by atoms with Crippen LogP contribution in [0.15, 0.2) is 29.2 Å². The van der Waals surface area contributed by atoms with Gasteiger partial charge in [0.1, 0.15) is 0 Å². The van der Waals surface area contributed by atoms with Crippen molar-refractivity contribution >= 4 is 15.9 Å². The fourth-order valence-corrected chi connectivity index (χ4v) is 6.57. The molecule has 3 aliphatic rings. The Morgan fingerprint density at radius 3 is 2.24 bits per heavy atom. The number of urea groups is 1. The third kappa shape index (κ3) is 6.76. The zero-order chi connectivity index (χ0) is 25.2. The Morgan fingerprint density at radius 1 is 1.12 bits per heavy atom. The van der Waals surface area contributed by atoms with Crippen LogP contribution in [0.2, 0.25) is 0 Å². The first kappa shape index (κ1) is 26.6. The molecular formula is C27H41N3O3S. The third-order valence-corrected chi connectivity index (χ3v) is 8.88. The Hall–Kier alpha value is -2.04. The predicted octanol–water partition coefficient (Wildman–Crippen LogP) is 4.20. The lowest BCUT2D eigenvalue weighted by molar-refractivity contribution is 0.0101. The molecule has 3 fully saturated rings. The maximum absolute atomic E-state index is 12.9. The molecule has 2 bridgehead atoms. The van der Waals surface area contributed by atoms with Gasteiger partial charge < -0.3 is 15.5 Å². The SMILES string of the molecule is CCC1(NC(=O)NC(C)(C)C#Cc2ccc(S(=O)(=O)CCC(C)(C)C)cc2)CN2CCC1CC2. The first-order valence-corrected chi connectivity index (χ1v) is 14.1. The number of fused-ring (bicyclic) bond motifs is 3. The molecule has 2 N–H and O–H groups in total. The van der Waals surface area contributed by atoms with Crippen LogP contribution in [0.5, 0.6) is 0 Å². The molecule has 3 aliphatic heterocycles. The average molecular weight is 488 g/mol. The topological polar surface area (TPSA) is 78.5 Å². The van der Waals surface area contributed by atoms with Crippen molar-refractivity contribution in [2.45, 2.75) is 83.2 Å². The van der Waals surface area contributed by atoms with Gasteiger partial charge in [-0.25, -0.2) is 13.2 Å². The van der Waals surface area contributed by atoms with E-state index >= 15 is 0 Å². The van der Waals surface area contributed by atoms with Crippen molar-refractivity contribution in [3.05, 3.63) is 29.8 Å². The van der Waals surface area contributed by atoms with E-state index in [0.29, 0.717) is 22.8 Å². The van der Waals surface area contributed by atoms with Gasteiger partial charge in [-0.3, -0.25) is 0 Å². The van der Waals surface area contributed by atoms with E-state index in [-0.39, 0.29) is 22.7 Å². The molecule has 1 atom stereocenters. The van der Waals surface area contributed by atoms with E-state index in [2.05, 4.69) is 34.3 Å². The first-order chi connectivity index (χ1) is 15.7. The second kappa shape index (κ2) is 9.91. The number of rotatable bonds is 6. The van der Waals surface area contributed by atoms with E-state index < -0.39 is 15.4 Å². The van der Waals surface area contributed by atoms with Crippen LogP contribution in [0.25, 0.3) is 0 Å². The molecule has 2 amide bonds. The summed E-state index contributed by atoms with van der Waals surface area (Å²) in [6.45, 7) is 15.2. The molecule has 1 aromatic rings. The van der Waals surface area contributed by atoms with Gasteiger partial charge >= 0.3 is 6.03 Å². The van der Waals surface area contributed by atoms with Crippen molar-refractivity contribution < 1.29 is 13.2 Å². The zero-order valence-corrected chi connectivity index (χ0v) is 22.4. The highest BCUT2D eigenvalue weighted by Crippen LogP contribution is 2.37. The van der Waals surface area contributed by atoms with E-state index in [1.165, 1.54) is 0 Å². The standard InChI is InChI=1S/C27H41N3O3S/c1-7-27(20-30-17-13-22(27)14-18-30)29-24(31)28-26(5,6)15-12-21-8-10-23(11-9-21)34(32,33)19-16-25(2,3)4/h8-11,22H,7,13-14,16-20H2,1-6H3,(H2,28,29,31). The van der Waals surface area contributed by atoms with Gasteiger partial charge in [-0.1, -0.05) is 39.5 Å². The second-order valence-electron chi connectivity index (χ2n) is 11.7. The largest absolute Gasteiger partial charge is 0.331 e. The van der Waals surface area contributed by atoms with E-state index in [4.69, 9.17) is 0 Å². The van der Waals surface area contributed by atoms with Crippen molar-refractivity contribution in [1.82, 2.24) is 15.5 Å². The molecule has 0 spiro atoms. The number of benzene rings is 1. The van der Waals surface area contributed by atoms with Gasteiger partial charge in [0.15, 0.2) is 9.84 Å². The Balaban J connectivity index is 1.62. The number of piperidine rings is 3. The van der Waals surface area contributed by atoms with E-state index in [0.717, 1.165) is 38.9 Å². The summed E-state index contributed by atoms with van der Waals surface area (Å²) in [4.78, 5) is 15.7. The number of nitrogens with zero attached hydrogens (tertiary/aromatic N) is 1. The molecule has 0 aromatic heterocycles. The molecular weight excluding hydrogens is 446 g/mol. The van der Waals surface area contributed by atoms with Gasteiger partial charge in [0.2, 0.25) is 0 Å². The fraction of sp³-hybridized carbons (Fsp3) is 0.667. The summed E-state index contributed by atoms with van der Waals surface area (Å²) in [6, 6.07) is 6.51. The van der Waals surface area contributed by atoms with E-state index in [1.54, 1.807) is 24.3 Å². The highest BCUT2D eigenvalue weighted by atomic mass is 32.2. The van der Waals surface area contributed by atoms with Gasteiger partial charge in [0.05, 0.1) is 21.7 Å². The lowest BCUT2D eigenvalue weighted by atomic mass is 9.71. The van der Waals surface area contributed by atoms with Crippen molar-refractivity contribution in [1.29, 1.82) is 0 Å². The lowest BCUT2D eigenvalue weighted by Gasteiger charge is -2.53.